The second kappa shape index (κ2) is 9.00. The fourth-order valence-electron chi connectivity index (χ4n) is 3.94. The summed E-state index contributed by atoms with van der Waals surface area (Å²) < 4.78 is 0. The molecule has 17 heavy (non-hydrogen) atoms. The van der Waals surface area contributed by atoms with Gasteiger partial charge in [-0.3, -0.25) is 0 Å². The van der Waals surface area contributed by atoms with Crippen LogP contribution in [0.1, 0.15) is 80.6 Å². The zero-order valence-electron chi connectivity index (χ0n) is 13.4. The molecule has 0 rings (SSSR count). The summed E-state index contributed by atoms with van der Waals surface area (Å²) in [6, 6.07) is 0. The molecule has 4 atom stereocenters. The van der Waals surface area contributed by atoms with Crippen molar-refractivity contribution in [3.8, 4) is 0 Å². The Bertz CT molecular complexity index is 171. The topological polar surface area (TPSA) is 0 Å². The summed E-state index contributed by atoms with van der Waals surface area (Å²) in [5.41, 5.74) is 0. The van der Waals surface area contributed by atoms with E-state index >= 15 is 0 Å². The van der Waals surface area contributed by atoms with Gasteiger partial charge in [-0.1, -0.05) is 80.6 Å². The monoisotopic (exact) mass is 240 g/mol. The van der Waals surface area contributed by atoms with Crippen molar-refractivity contribution in [1.29, 1.82) is 0 Å². The van der Waals surface area contributed by atoms with Gasteiger partial charge in [0.05, 0.1) is 0 Å². The highest BCUT2D eigenvalue weighted by atomic mass is 14.4. The molecule has 0 bridgehead atoms. The molecule has 0 fully saturated rings. The van der Waals surface area contributed by atoms with Crippen molar-refractivity contribution in [3.05, 3.63) is 0 Å². The van der Waals surface area contributed by atoms with E-state index in [4.69, 9.17) is 0 Å². The Morgan fingerprint density at radius 1 is 0.706 bits per heavy atom. The summed E-state index contributed by atoms with van der Waals surface area (Å²) in [5, 5.41) is 0. The van der Waals surface area contributed by atoms with Crippen LogP contribution in [0.4, 0.5) is 0 Å². The second-order valence-electron chi connectivity index (χ2n) is 6.43. The van der Waals surface area contributed by atoms with Gasteiger partial charge in [0.25, 0.3) is 0 Å². The third kappa shape index (κ3) is 5.44. The average molecular weight is 240 g/mol. The lowest BCUT2D eigenvalue weighted by Crippen LogP contribution is -2.30. The van der Waals surface area contributed by atoms with Gasteiger partial charge in [0, 0.05) is 0 Å². The summed E-state index contributed by atoms with van der Waals surface area (Å²) in [6.07, 6.45) is 6.84. The van der Waals surface area contributed by atoms with E-state index in [0.717, 1.165) is 29.6 Å². The van der Waals surface area contributed by atoms with Crippen LogP contribution in [0.25, 0.3) is 0 Å². The summed E-state index contributed by atoms with van der Waals surface area (Å²) in [5.74, 6) is 4.47. The molecule has 0 N–H and O–H groups in total. The Morgan fingerprint density at radius 2 is 1.18 bits per heavy atom. The first kappa shape index (κ1) is 17.0. The van der Waals surface area contributed by atoms with Gasteiger partial charge in [-0.2, -0.15) is 0 Å². The summed E-state index contributed by atoms with van der Waals surface area (Å²) in [4.78, 5) is 0. The van der Waals surface area contributed by atoms with Crippen molar-refractivity contribution in [2.75, 3.05) is 0 Å². The van der Waals surface area contributed by atoms with Crippen LogP contribution >= 0.6 is 0 Å². The van der Waals surface area contributed by atoms with Crippen molar-refractivity contribution in [1.82, 2.24) is 0 Å². The minimum atomic E-state index is 0.834. The highest BCUT2D eigenvalue weighted by Crippen LogP contribution is 2.38. The van der Waals surface area contributed by atoms with Gasteiger partial charge in [0.1, 0.15) is 0 Å². The molecule has 0 saturated carbocycles. The van der Waals surface area contributed by atoms with Crippen LogP contribution in [0.3, 0.4) is 0 Å². The van der Waals surface area contributed by atoms with Crippen LogP contribution in [-0.4, -0.2) is 0 Å². The summed E-state index contributed by atoms with van der Waals surface area (Å²) in [7, 11) is 0. The standard InChI is InChI=1S/C17H36/c1-8-11-14(6)16(10-3)17(13(4)5)15(7)12-9-2/h13-17H,8-12H2,1-7H3. The molecule has 0 amide bonds. The van der Waals surface area contributed by atoms with Gasteiger partial charge in [-0.05, 0) is 29.6 Å². The molecular weight excluding hydrogens is 204 g/mol. The smallest absolute Gasteiger partial charge is 0.0334 e. The van der Waals surface area contributed by atoms with E-state index in [1.54, 1.807) is 0 Å². The molecule has 0 aliphatic rings. The van der Waals surface area contributed by atoms with Crippen LogP contribution in [0.2, 0.25) is 0 Å². The van der Waals surface area contributed by atoms with E-state index in [9.17, 15) is 0 Å². The largest absolute Gasteiger partial charge is 0.0654 e. The molecule has 0 radical (unpaired) electrons. The predicted octanol–water partition coefficient (Wildman–Crippen LogP) is 6.16. The molecule has 4 unspecified atom stereocenters. The van der Waals surface area contributed by atoms with Crippen LogP contribution in [0, 0.1) is 29.6 Å². The molecule has 0 aliphatic carbocycles. The van der Waals surface area contributed by atoms with E-state index in [-0.39, 0.29) is 0 Å². The lowest BCUT2D eigenvalue weighted by molar-refractivity contribution is 0.113. The average Bonchev–Trinajstić information content (AvgIpc) is 2.25. The zero-order chi connectivity index (χ0) is 13.4. The maximum Gasteiger partial charge on any atom is -0.0334 e. The Hall–Kier alpha value is 0. The molecule has 104 valence electrons. The van der Waals surface area contributed by atoms with E-state index in [1.807, 2.05) is 0 Å². The quantitative estimate of drug-likeness (QED) is 0.453. The summed E-state index contributed by atoms with van der Waals surface area (Å²) >= 11 is 0. The summed E-state index contributed by atoms with van der Waals surface area (Å²) in [6.45, 7) is 16.9. The SMILES string of the molecule is CCCC(C)C(CC)C(C(C)C)C(C)CCC. The maximum absolute atomic E-state index is 2.48. The molecule has 0 aromatic rings. The molecule has 0 spiro atoms. The highest BCUT2D eigenvalue weighted by Gasteiger charge is 2.30. The Balaban J connectivity index is 4.73. The molecule has 0 nitrogen and oxygen atoms in total. The zero-order valence-corrected chi connectivity index (χ0v) is 13.4. The van der Waals surface area contributed by atoms with Gasteiger partial charge >= 0.3 is 0 Å². The first-order chi connectivity index (χ1) is 7.99. The fourth-order valence-corrected chi connectivity index (χ4v) is 3.94. The molecule has 0 aromatic heterocycles. The van der Waals surface area contributed by atoms with Gasteiger partial charge in [-0.25, -0.2) is 0 Å². The second-order valence-corrected chi connectivity index (χ2v) is 6.43. The van der Waals surface area contributed by atoms with Gasteiger partial charge in [0.15, 0.2) is 0 Å². The third-order valence-electron chi connectivity index (χ3n) is 4.61. The van der Waals surface area contributed by atoms with Gasteiger partial charge in [-0.15, -0.1) is 0 Å². The molecule has 0 saturated heterocycles. The number of hydrogen-bond acceptors (Lipinski definition) is 0. The molecule has 0 heterocycles. The van der Waals surface area contributed by atoms with Crippen molar-refractivity contribution in [3.63, 3.8) is 0 Å². The van der Waals surface area contributed by atoms with Crippen molar-refractivity contribution in [2.45, 2.75) is 80.6 Å². The molecule has 0 aliphatic heterocycles. The lowest BCUT2D eigenvalue weighted by atomic mass is 9.67. The maximum atomic E-state index is 2.48. The normalized spacial score (nSPS) is 19.1. The van der Waals surface area contributed by atoms with E-state index in [1.165, 1.54) is 32.1 Å². The predicted molar refractivity (Wildman–Crippen MR) is 80.3 cm³/mol. The fraction of sp³-hybridized carbons (Fsp3) is 1.00. The molecule has 0 aromatic carbocycles. The Kier molecular flexibility index (Phi) is 9.00. The van der Waals surface area contributed by atoms with E-state index in [2.05, 4.69) is 48.5 Å². The van der Waals surface area contributed by atoms with Gasteiger partial charge in [0.2, 0.25) is 0 Å². The lowest BCUT2D eigenvalue weighted by Gasteiger charge is -2.38. The molecular formula is C17H36. The van der Waals surface area contributed by atoms with Crippen molar-refractivity contribution < 1.29 is 0 Å². The van der Waals surface area contributed by atoms with Crippen LogP contribution in [0.15, 0.2) is 0 Å². The van der Waals surface area contributed by atoms with Crippen molar-refractivity contribution in [2.24, 2.45) is 29.6 Å². The highest BCUT2D eigenvalue weighted by molar-refractivity contribution is 4.80. The molecule has 0 heteroatoms. The Morgan fingerprint density at radius 3 is 1.53 bits per heavy atom. The minimum absolute atomic E-state index is 0.834. The number of hydrogen-bond donors (Lipinski definition) is 0. The van der Waals surface area contributed by atoms with E-state index in [0.29, 0.717) is 0 Å². The first-order valence-electron chi connectivity index (χ1n) is 7.99. The van der Waals surface area contributed by atoms with Crippen LogP contribution in [0.5, 0.6) is 0 Å². The first-order valence-corrected chi connectivity index (χ1v) is 7.99. The van der Waals surface area contributed by atoms with Crippen LogP contribution < -0.4 is 0 Å². The third-order valence-corrected chi connectivity index (χ3v) is 4.61. The van der Waals surface area contributed by atoms with E-state index < -0.39 is 0 Å². The number of rotatable bonds is 9. The van der Waals surface area contributed by atoms with Gasteiger partial charge < -0.3 is 0 Å². The van der Waals surface area contributed by atoms with Crippen LogP contribution in [-0.2, 0) is 0 Å². The minimum Gasteiger partial charge on any atom is -0.0654 e. The van der Waals surface area contributed by atoms with Crippen molar-refractivity contribution >= 4 is 0 Å². The Labute approximate surface area is 111 Å².